The van der Waals surface area contributed by atoms with Crippen LogP contribution >= 0.6 is 0 Å². The maximum absolute atomic E-state index is 15.3. The Morgan fingerprint density at radius 3 is 2.07 bits per heavy atom. The molecule has 3 nitrogen and oxygen atoms in total. The average molecular weight is 589 g/mol. The molecule has 0 aliphatic rings. The van der Waals surface area contributed by atoms with Gasteiger partial charge in [0.05, 0.1) is 0 Å². The number of fused-ring (bicyclic) bond motifs is 1. The van der Waals surface area contributed by atoms with Gasteiger partial charge in [0.15, 0.2) is 24.0 Å². The summed E-state index contributed by atoms with van der Waals surface area (Å²) >= 11 is 0. The Kier molecular flexibility index (Phi) is 10.8. The quantitative estimate of drug-likeness (QED) is 0.109. The summed E-state index contributed by atoms with van der Waals surface area (Å²) in [7, 11) is 0. The van der Waals surface area contributed by atoms with E-state index >= 15 is 4.39 Å². The summed E-state index contributed by atoms with van der Waals surface area (Å²) in [5.41, 5.74) is 2.72. The van der Waals surface area contributed by atoms with Gasteiger partial charge in [-0.05, 0) is 71.9 Å². The van der Waals surface area contributed by atoms with Crippen LogP contribution in [0.2, 0.25) is 0 Å². The Morgan fingerprint density at radius 1 is 0.690 bits per heavy atom. The number of benzene rings is 3. The van der Waals surface area contributed by atoms with E-state index in [-0.39, 0.29) is 18.4 Å². The minimum Gasteiger partial charge on any atom is -0.478 e. The van der Waals surface area contributed by atoms with Crippen molar-refractivity contribution in [2.75, 3.05) is 6.61 Å². The van der Waals surface area contributed by atoms with Crippen LogP contribution in [-0.4, -0.2) is 22.8 Å². The Labute approximate surface area is 242 Å². The van der Waals surface area contributed by atoms with Crippen molar-refractivity contribution in [2.24, 2.45) is 0 Å². The molecule has 0 saturated carbocycles. The molecule has 9 heteroatoms. The first-order chi connectivity index (χ1) is 20.1. The highest BCUT2D eigenvalue weighted by molar-refractivity contribution is 5.84. The minimum absolute atomic E-state index is 0.0888. The van der Waals surface area contributed by atoms with Crippen LogP contribution < -0.4 is 4.74 Å². The van der Waals surface area contributed by atoms with Crippen molar-refractivity contribution in [3.8, 4) is 5.75 Å². The van der Waals surface area contributed by atoms with Gasteiger partial charge in [0.25, 0.3) is 0 Å². The molecule has 0 bridgehead atoms. The monoisotopic (exact) mass is 588 g/mol. The lowest BCUT2D eigenvalue weighted by Crippen LogP contribution is -2.20. The van der Waals surface area contributed by atoms with Crippen LogP contribution in [0.1, 0.15) is 67.1 Å². The minimum atomic E-state index is -4.72. The third-order valence-corrected chi connectivity index (χ3v) is 7.18. The molecule has 0 amide bonds. The number of ether oxygens (including phenoxy) is 1. The average Bonchev–Trinajstić information content (AvgIpc) is 2.95. The predicted octanol–water partition coefficient (Wildman–Crippen LogP) is 9.07. The molecule has 1 heterocycles. The van der Waals surface area contributed by atoms with Crippen LogP contribution in [0.15, 0.2) is 54.9 Å². The summed E-state index contributed by atoms with van der Waals surface area (Å²) in [5.74, 6) is -3.21. The fraction of sp³-hybridized carbons (Fsp3) is 0.394. The number of hydrogen-bond acceptors (Lipinski definition) is 3. The van der Waals surface area contributed by atoms with E-state index in [1.165, 1.54) is 25.7 Å². The zero-order chi connectivity index (χ0) is 30.1. The Balaban J connectivity index is 1.33. The fourth-order valence-corrected chi connectivity index (χ4v) is 4.89. The molecule has 0 radical (unpaired) electrons. The van der Waals surface area contributed by atoms with E-state index in [1.807, 2.05) is 24.5 Å². The van der Waals surface area contributed by atoms with Crippen molar-refractivity contribution in [2.45, 2.75) is 77.3 Å². The second kappa shape index (κ2) is 14.5. The maximum atomic E-state index is 15.3. The molecule has 224 valence electrons. The van der Waals surface area contributed by atoms with Gasteiger partial charge in [0.1, 0.15) is 11.6 Å². The normalized spacial score (nSPS) is 11.8. The van der Waals surface area contributed by atoms with Gasteiger partial charge in [-0.3, -0.25) is 0 Å². The number of alkyl halides is 3. The molecule has 0 aliphatic heterocycles. The predicted molar refractivity (Wildman–Crippen MR) is 151 cm³/mol. The van der Waals surface area contributed by atoms with Crippen molar-refractivity contribution in [1.82, 2.24) is 9.97 Å². The second-order valence-corrected chi connectivity index (χ2v) is 10.6. The van der Waals surface area contributed by atoms with Crippen LogP contribution in [-0.2, 0) is 32.1 Å². The van der Waals surface area contributed by atoms with Crippen LogP contribution in [0.25, 0.3) is 10.8 Å². The van der Waals surface area contributed by atoms with Gasteiger partial charge in [-0.15, -0.1) is 0 Å². The van der Waals surface area contributed by atoms with Gasteiger partial charge in [0.2, 0.25) is 0 Å². The summed E-state index contributed by atoms with van der Waals surface area (Å²) in [5, 5.41) is 1.17. The van der Waals surface area contributed by atoms with E-state index in [1.54, 1.807) is 18.2 Å². The molecule has 42 heavy (non-hydrogen) atoms. The van der Waals surface area contributed by atoms with E-state index in [0.717, 1.165) is 47.3 Å². The molecule has 1 aromatic heterocycles. The van der Waals surface area contributed by atoms with Crippen LogP contribution in [0.4, 0.5) is 26.3 Å². The molecule has 4 aromatic rings. The van der Waals surface area contributed by atoms with Crippen LogP contribution in [0.5, 0.6) is 5.75 Å². The smallest absolute Gasteiger partial charge is 0.422 e. The van der Waals surface area contributed by atoms with Crippen LogP contribution in [0, 0.1) is 17.5 Å². The fourth-order valence-electron chi connectivity index (χ4n) is 4.89. The second-order valence-electron chi connectivity index (χ2n) is 10.6. The number of halogens is 6. The largest absolute Gasteiger partial charge is 0.478 e. The number of unbranched alkanes of at least 4 members (excludes halogenated alkanes) is 4. The van der Waals surface area contributed by atoms with Gasteiger partial charge in [-0.2, -0.15) is 13.2 Å². The third kappa shape index (κ3) is 8.94. The lowest BCUT2D eigenvalue weighted by atomic mass is 9.98. The lowest BCUT2D eigenvalue weighted by molar-refractivity contribution is -0.154. The van der Waals surface area contributed by atoms with Crippen molar-refractivity contribution in [1.29, 1.82) is 0 Å². The Morgan fingerprint density at radius 2 is 1.38 bits per heavy atom. The summed E-state index contributed by atoms with van der Waals surface area (Å²) < 4.78 is 84.9. The van der Waals surface area contributed by atoms with Crippen molar-refractivity contribution in [3.63, 3.8) is 0 Å². The van der Waals surface area contributed by atoms with E-state index in [0.29, 0.717) is 23.8 Å². The highest BCUT2D eigenvalue weighted by Crippen LogP contribution is 2.28. The number of nitrogens with zero attached hydrogens (tertiary/aromatic N) is 2. The van der Waals surface area contributed by atoms with Gasteiger partial charge >= 0.3 is 6.18 Å². The topological polar surface area (TPSA) is 35.0 Å². The lowest BCUT2D eigenvalue weighted by Gasteiger charge is -2.12. The van der Waals surface area contributed by atoms with E-state index in [2.05, 4.69) is 21.6 Å². The van der Waals surface area contributed by atoms with Crippen molar-refractivity contribution >= 4 is 10.8 Å². The van der Waals surface area contributed by atoms with E-state index in [9.17, 15) is 22.0 Å². The molecule has 0 N–H and O–H groups in total. The first-order valence-corrected chi connectivity index (χ1v) is 14.3. The van der Waals surface area contributed by atoms with Crippen molar-refractivity contribution < 1.29 is 31.1 Å². The molecule has 0 unspecified atom stereocenters. The summed E-state index contributed by atoms with van der Waals surface area (Å²) in [6.07, 6.45) is 7.81. The SMILES string of the molecule is CCCCCCCc1cnc(CCc2ccc3c(F)c(CCc4cc(F)c(OCC(F)(F)F)c(F)c4)ccc3c2)nc1. The highest BCUT2D eigenvalue weighted by atomic mass is 19.4. The molecule has 0 saturated heterocycles. The highest BCUT2D eigenvalue weighted by Gasteiger charge is 2.30. The Hall–Kier alpha value is -3.62. The third-order valence-electron chi connectivity index (χ3n) is 7.18. The summed E-state index contributed by atoms with van der Waals surface area (Å²) in [6, 6.07) is 10.8. The molecular formula is C33H34F6N2O. The van der Waals surface area contributed by atoms with E-state index in [4.69, 9.17) is 0 Å². The van der Waals surface area contributed by atoms with Crippen LogP contribution in [0.3, 0.4) is 0 Å². The number of hydrogen-bond donors (Lipinski definition) is 0. The molecule has 0 atom stereocenters. The first kappa shape index (κ1) is 31.3. The van der Waals surface area contributed by atoms with Gasteiger partial charge in [0, 0.05) is 24.2 Å². The first-order valence-electron chi connectivity index (χ1n) is 14.3. The van der Waals surface area contributed by atoms with Gasteiger partial charge < -0.3 is 4.74 Å². The van der Waals surface area contributed by atoms with Crippen molar-refractivity contribution in [3.05, 3.63) is 100 Å². The number of aryl methyl sites for hydroxylation is 5. The zero-order valence-electron chi connectivity index (χ0n) is 23.5. The molecule has 0 spiro atoms. The molecule has 0 aliphatic carbocycles. The maximum Gasteiger partial charge on any atom is 0.422 e. The zero-order valence-corrected chi connectivity index (χ0v) is 23.5. The van der Waals surface area contributed by atoms with Gasteiger partial charge in [-0.25, -0.2) is 23.1 Å². The standard InChI is InChI=1S/C33H34F6N2O/c1-2-3-4-5-6-7-24-19-40-30(41-20-24)15-10-22-9-14-27-26(16-22)13-12-25(31(27)36)11-8-23-17-28(34)32(29(35)18-23)42-21-33(37,38)39/h9,12-14,16-20H,2-8,10-11,15,21H2,1H3. The van der Waals surface area contributed by atoms with E-state index < -0.39 is 36.0 Å². The molecule has 4 rings (SSSR count). The molecule has 0 fully saturated rings. The summed E-state index contributed by atoms with van der Waals surface area (Å²) in [4.78, 5) is 9.01. The summed E-state index contributed by atoms with van der Waals surface area (Å²) in [6.45, 7) is 0.402. The number of rotatable bonds is 14. The van der Waals surface area contributed by atoms with Gasteiger partial charge in [-0.1, -0.05) is 62.9 Å². The molecule has 3 aromatic carbocycles. The molecular weight excluding hydrogens is 554 g/mol. The Bertz CT molecular complexity index is 1450. The number of aromatic nitrogens is 2.